The molecule has 2 aromatic rings. The Hall–Kier alpha value is -2.21. The zero-order valence-electron chi connectivity index (χ0n) is 14.4. The van der Waals surface area contributed by atoms with Gasteiger partial charge in [-0.3, -0.25) is 4.79 Å². The predicted octanol–water partition coefficient (Wildman–Crippen LogP) is 2.17. The Morgan fingerprint density at radius 2 is 2.08 bits per heavy atom. The molecule has 0 radical (unpaired) electrons. The Bertz CT molecular complexity index is 690. The van der Waals surface area contributed by atoms with Crippen LogP contribution in [0.15, 0.2) is 30.5 Å². The van der Waals surface area contributed by atoms with Gasteiger partial charge in [0.25, 0.3) is 5.91 Å². The minimum Gasteiger partial charge on any atom is -0.333 e. The molecule has 1 aromatic carbocycles. The second-order valence-electron chi connectivity index (χ2n) is 6.31. The van der Waals surface area contributed by atoms with Crippen LogP contribution in [0.1, 0.15) is 47.4 Å². The van der Waals surface area contributed by atoms with Crippen molar-refractivity contribution in [1.82, 2.24) is 25.2 Å². The number of piperidine rings is 1. The van der Waals surface area contributed by atoms with Gasteiger partial charge in [-0.1, -0.05) is 29.5 Å². The van der Waals surface area contributed by atoms with Gasteiger partial charge in [0.1, 0.15) is 0 Å². The first-order chi connectivity index (χ1) is 11.7. The summed E-state index contributed by atoms with van der Waals surface area (Å²) in [4.78, 5) is 14.6. The second-order valence-corrected chi connectivity index (χ2v) is 6.31. The summed E-state index contributed by atoms with van der Waals surface area (Å²) in [5, 5.41) is 11.7. The van der Waals surface area contributed by atoms with Crippen molar-refractivity contribution in [3.05, 3.63) is 47.3 Å². The number of nitrogens with zero attached hydrogens (tertiary/aromatic N) is 4. The Morgan fingerprint density at radius 3 is 2.79 bits per heavy atom. The highest BCUT2D eigenvalue weighted by Crippen LogP contribution is 2.18. The Kier molecular flexibility index (Phi) is 5.25. The largest absolute Gasteiger partial charge is 0.333 e. The third-order valence-electron chi connectivity index (χ3n) is 4.70. The molecule has 6 nitrogen and oxygen atoms in total. The van der Waals surface area contributed by atoms with Crippen molar-refractivity contribution >= 4 is 5.91 Å². The molecule has 1 aliphatic heterocycles. The number of aromatic nitrogens is 3. The molecule has 3 rings (SSSR count). The molecule has 128 valence electrons. The topological polar surface area (TPSA) is 63.1 Å². The predicted molar refractivity (Wildman–Crippen MR) is 92.8 cm³/mol. The normalized spacial score (nSPS) is 15.4. The van der Waals surface area contributed by atoms with E-state index >= 15 is 0 Å². The molecule has 1 amide bonds. The average Bonchev–Trinajstić information content (AvgIpc) is 3.11. The summed E-state index contributed by atoms with van der Waals surface area (Å²) >= 11 is 0. The Balaban J connectivity index is 1.72. The van der Waals surface area contributed by atoms with Crippen LogP contribution in [0.2, 0.25) is 0 Å². The fourth-order valence-corrected chi connectivity index (χ4v) is 3.11. The lowest BCUT2D eigenvalue weighted by Crippen LogP contribution is -2.31. The van der Waals surface area contributed by atoms with Gasteiger partial charge in [-0.25, -0.2) is 4.68 Å². The van der Waals surface area contributed by atoms with Gasteiger partial charge in [-0.15, -0.1) is 5.10 Å². The molecule has 0 unspecified atom stereocenters. The highest BCUT2D eigenvalue weighted by atomic mass is 16.2. The van der Waals surface area contributed by atoms with E-state index < -0.39 is 0 Å². The molecule has 0 spiro atoms. The molecule has 2 heterocycles. The first-order valence-corrected chi connectivity index (χ1v) is 8.65. The first kappa shape index (κ1) is 16.6. The minimum atomic E-state index is -0.0547. The fraction of sp³-hybridized carbons (Fsp3) is 0.500. The molecule has 0 atom stereocenters. The molecule has 1 saturated heterocycles. The van der Waals surface area contributed by atoms with Crippen LogP contribution in [-0.2, 0) is 6.54 Å². The highest BCUT2D eigenvalue weighted by Gasteiger charge is 2.22. The van der Waals surface area contributed by atoms with Crippen LogP contribution in [0.3, 0.4) is 0 Å². The number of aryl methyl sites for hydroxylation is 1. The van der Waals surface area contributed by atoms with Crippen LogP contribution in [0.5, 0.6) is 0 Å². The summed E-state index contributed by atoms with van der Waals surface area (Å²) < 4.78 is 1.86. The summed E-state index contributed by atoms with van der Waals surface area (Å²) in [6.07, 6.45) is 3.86. The number of rotatable bonds is 5. The molecule has 1 aromatic heterocycles. The van der Waals surface area contributed by atoms with Gasteiger partial charge in [0, 0.05) is 13.1 Å². The monoisotopic (exact) mass is 327 g/mol. The summed E-state index contributed by atoms with van der Waals surface area (Å²) in [6.45, 7) is 7.29. The smallest absolute Gasteiger partial charge is 0.276 e. The lowest BCUT2D eigenvalue weighted by Gasteiger charge is -2.22. The van der Waals surface area contributed by atoms with E-state index in [0.29, 0.717) is 24.8 Å². The standard InChI is InChI=1S/C18H25N5O/c1-3-22(12-15-7-5-4-6-14(15)2)18(24)17-13-23(21-20-17)16-8-10-19-11-9-16/h4-7,13,16,19H,3,8-12H2,1-2H3. The third-order valence-corrected chi connectivity index (χ3v) is 4.70. The average molecular weight is 327 g/mol. The number of hydrogen-bond donors (Lipinski definition) is 1. The summed E-state index contributed by atoms with van der Waals surface area (Å²) in [7, 11) is 0. The Labute approximate surface area is 142 Å². The van der Waals surface area contributed by atoms with Gasteiger partial charge in [-0.2, -0.15) is 0 Å². The maximum Gasteiger partial charge on any atom is 0.276 e. The lowest BCUT2D eigenvalue weighted by molar-refractivity contribution is 0.0746. The maximum absolute atomic E-state index is 12.8. The van der Waals surface area contributed by atoms with Crippen molar-refractivity contribution in [2.75, 3.05) is 19.6 Å². The van der Waals surface area contributed by atoms with Gasteiger partial charge in [-0.05, 0) is 50.9 Å². The van der Waals surface area contributed by atoms with Crippen molar-refractivity contribution in [3.8, 4) is 0 Å². The molecule has 6 heteroatoms. The molecule has 1 aliphatic rings. The molecule has 0 saturated carbocycles. The van der Waals surface area contributed by atoms with E-state index in [-0.39, 0.29) is 5.91 Å². The lowest BCUT2D eigenvalue weighted by atomic mass is 10.1. The van der Waals surface area contributed by atoms with Gasteiger partial charge < -0.3 is 10.2 Å². The van der Waals surface area contributed by atoms with Crippen LogP contribution >= 0.6 is 0 Å². The third kappa shape index (κ3) is 3.64. The van der Waals surface area contributed by atoms with Gasteiger partial charge in [0.05, 0.1) is 12.2 Å². The van der Waals surface area contributed by atoms with E-state index in [1.807, 2.05) is 28.6 Å². The van der Waals surface area contributed by atoms with Crippen molar-refractivity contribution in [1.29, 1.82) is 0 Å². The summed E-state index contributed by atoms with van der Waals surface area (Å²) in [5.74, 6) is -0.0547. The molecule has 1 N–H and O–H groups in total. The number of carbonyl (C=O) groups excluding carboxylic acids is 1. The maximum atomic E-state index is 12.8. The molecular formula is C18H25N5O. The van der Waals surface area contributed by atoms with E-state index in [4.69, 9.17) is 0 Å². The number of benzene rings is 1. The number of nitrogens with one attached hydrogen (secondary N) is 1. The van der Waals surface area contributed by atoms with Crippen molar-refractivity contribution in [2.24, 2.45) is 0 Å². The quantitative estimate of drug-likeness (QED) is 0.914. The minimum absolute atomic E-state index is 0.0547. The van der Waals surface area contributed by atoms with Gasteiger partial charge in [0.15, 0.2) is 5.69 Å². The molecule has 0 aliphatic carbocycles. The van der Waals surface area contributed by atoms with E-state index in [0.717, 1.165) is 25.9 Å². The van der Waals surface area contributed by atoms with Crippen molar-refractivity contribution < 1.29 is 4.79 Å². The number of amides is 1. The zero-order chi connectivity index (χ0) is 16.9. The van der Waals surface area contributed by atoms with E-state index in [1.54, 1.807) is 6.20 Å². The Morgan fingerprint density at radius 1 is 1.33 bits per heavy atom. The van der Waals surface area contributed by atoms with Crippen LogP contribution in [-0.4, -0.2) is 45.4 Å². The van der Waals surface area contributed by atoms with Crippen LogP contribution in [0, 0.1) is 6.92 Å². The summed E-state index contributed by atoms with van der Waals surface area (Å²) in [6, 6.07) is 8.50. The highest BCUT2D eigenvalue weighted by molar-refractivity contribution is 5.91. The fourth-order valence-electron chi connectivity index (χ4n) is 3.11. The van der Waals surface area contributed by atoms with Crippen LogP contribution < -0.4 is 5.32 Å². The molecular weight excluding hydrogens is 302 g/mol. The van der Waals surface area contributed by atoms with Crippen LogP contribution in [0.4, 0.5) is 0 Å². The van der Waals surface area contributed by atoms with Gasteiger partial charge in [0.2, 0.25) is 0 Å². The molecule has 24 heavy (non-hydrogen) atoms. The molecule has 1 fully saturated rings. The van der Waals surface area contributed by atoms with E-state index in [9.17, 15) is 4.79 Å². The SMILES string of the molecule is CCN(Cc1ccccc1C)C(=O)c1cn(C2CCNCC2)nn1. The summed E-state index contributed by atoms with van der Waals surface area (Å²) in [5.41, 5.74) is 2.80. The van der Waals surface area contributed by atoms with E-state index in [1.165, 1.54) is 11.1 Å². The van der Waals surface area contributed by atoms with Crippen molar-refractivity contribution in [2.45, 2.75) is 39.3 Å². The number of carbonyl (C=O) groups is 1. The number of hydrogen-bond acceptors (Lipinski definition) is 4. The second kappa shape index (κ2) is 7.57. The van der Waals surface area contributed by atoms with Crippen molar-refractivity contribution in [3.63, 3.8) is 0 Å². The molecule has 0 bridgehead atoms. The zero-order valence-corrected chi connectivity index (χ0v) is 14.4. The van der Waals surface area contributed by atoms with Crippen LogP contribution in [0.25, 0.3) is 0 Å². The van der Waals surface area contributed by atoms with Gasteiger partial charge >= 0.3 is 0 Å². The first-order valence-electron chi connectivity index (χ1n) is 8.65. The van der Waals surface area contributed by atoms with E-state index in [2.05, 4.69) is 34.7 Å².